The largest absolute Gasteiger partial charge is 0.489 e. The molecule has 0 aliphatic carbocycles. The fraction of sp³-hybridized carbons (Fsp3) is 0.188. The van der Waals surface area contributed by atoms with E-state index in [0.717, 1.165) is 17.2 Å². The third-order valence-electron chi connectivity index (χ3n) is 6.24. The van der Waals surface area contributed by atoms with Gasteiger partial charge in [-0.05, 0) is 53.6 Å². The average Bonchev–Trinajstić information content (AvgIpc) is 2.99. The molecule has 0 aromatic heterocycles. The molecule has 0 fully saturated rings. The summed E-state index contributed by atoms with van der Waals surface area (Å²) < 4.78 is 55.8. The molecule has 0 unspecified atom stereocenters. The molecule has 4 rings (SSSR count). The van der Waals surface area contributed by atoms with Crippen molar-refractivity contribution in [3.05, 3.63) is 131 Å². The minimum Gasteiger partial charge on any atom is -0.489 e. The summed E-state index contributed by atoms with van der Waals surface area (Å²) in [6, 6.07) is 27.1. The lowest BCUT2D eigenvalue weighted by atomic mass is 10.0. The van der Waals surface area contributed by atoms with Crippen LogP contribution in [-0.4, -0.2) is 25.0 Å². The van der Waals surface area contributed by atoms with Crippen molar-refractivity contribution in [2.45, 2.75) is 31.9 Å². The highest BCUT2D eigenvalue weighted by Gasteiger charge is 2.33. The van der Waals surface area contributed by atoms with Gasteiger partial charge in [0.25, 0.3) is 5.91 Å². The molecule has 0 saturated heterocycles. The first-order valence-electron chi connectivity index (χ1n) is 12.8. The molecule has 1 atom stereocenters. The monoisotopic (exact) mass is 563 g/mol. The highest BCUT2D eigenvalue weighted by Crippen LogP contribution is 2.32. The minimum atomic E-state index is -4.49. The molecule has 9 heteroatoms. The normalized spacial score (nSPS) is 11.8. The van der Waals surface area contributed by atoms with E-state index in [4.69, 9.17) is 14.2 Å². The van der Waals surface area contributed by atoms with Crippen molar-refractivity contribution in [2.24, 2.45) is 0 Å². The van der Waals surface area contributed by atoms with Crippen LogP contribution in [0.5, 0.6) is 11.5 Å². The highest BCUT2D eigenvalue weighted by molar-refractivity contribution is 5.96. The second-order valence-corrected chi connectivity index (χ2v) is 9.14. The number of esters is 1. The fourth-order valence-electron chi connectivity index (χ4n) is 4.06. The topological polar surface area (TPSA) is 73.9 Å². The lowest BCUT2D eigenvalue weighted by Crippen LogP contribution is -2.43. The summed E-state index contributed by atoms with van der Waals surface area (Å²) in [6.45, 7) is 0.132. The van der Waals surface area contributed by atoms with Crippen LogP contribution in [0.25, 0.3) is 0 Å². The Bertz CT molecular complexity index is 1440. The molecule has 1 amide bonds. The van der Waals surface area contributed by atoms with Crippen LogP contribution in [0.3, 0.4) is 0 Å². The summed E-state index contributed by atoms with van der Waals surface area (Å²) in [5.74, 6) is -0.165. The summed E-state index contributed by atoms with van der Waals surface area (Å²) >= 11 is 0. The van der Waals surface area contributed by atoms with E-state index in [-0.39, 0.29) is 29.9 Å². The Morgan fingerprint density at radius 2 is 1.32 bits per heavy atom. The zero-order valence-electron chi connectivity index (χ0n) is 22.2. The van der Waals surface area contributed by atoms with Crippen LogP contribution in [0.2, 0.25) is 0 Å². The van der Waals surface area contributed by atoms with Crippen molar-refractivity contribution in [1.82, 2.24) is 5.32 Å². The predicted molar refractivity (Wildman–Crippen MR) is 146 cm³/mol. The number of hydrogen-bond acceptors (Lipinski definition) is 5. The number of hydrogen-bond donors (Lipinski definition) is 1. The summed E-state index contributed by atoms with van der Waals surface area (Å²) in [6.07, 6.45) is -4.30. The van der Waals surface area contributed by atoms with E-state index in [9.17, 15) is 22.8 Å². The molecular weight excluding hydrogens is 535 g/mol. The van der Waals surface area contributed by atoms with E-state index in [2.05, 4.69) is 5.32 Å². The molecule has 0 bridgehead atoms. The van der Waals surface area contributed by atoms with Gasteiger partial charge in [0.1, 0.15) is 30.8 Å². The van der Waals surface area contributed by atoms with Crippen molar-refractivity contribution >= 4 is 11.9 Å². The number of carbonyl (C=O) groups excluding carboxylic acids is 2. The summed E-state index contributed by atoms with van der Waals surface area (Å²) in [5, 5.41) is 2.68. The van der Waals surface area contributed by atoms with Crippen LogP contribution in [0.4, 0.5) is 13.2 Å². The van der Waals surface area contributed by atoms with Gasteiger partial charge in [0, 0.05) is 17.5 Å². The molecule has 1 N–H and O–H groups in total. The Hall–Kier alpha value is -4.79. The molecule has 4 aromatic rings. The van der Waals surface area contributed by atoms with Crippen LogP contribution < -0.4 is 14.8 Å². The number of amides is 1. The number of ether oxygens (including phenoxy) is 3. The van der Waals surface area contributed by atoms with Crippen molar-refractivity contribution in [3.63, 3.8) is 0 Å². The summed E-state index contributed by atoms with van der Waals surface area (Å²) in [7, 11) is 1.24. The molecule has 0 spiro atoms. The Labute approximate surface area is 235 Å². The maximum atomic E-state index is 13.2. The van der Waals surface area contributed by atoms with Crippen molar-refractivity contribution in [2.75, 3.05) is 7.11 Å². The van der Waals surface area contributed by atoms with E-state index in [1.807, 2.05) is 42.5 Å². The fourth-order valence-corrected chi connectivity index (χ4v) is 4.06. The molecule has 0 aliphatic heterocycles. The van der Waals surface area contributed by atoms with Crippen LogP contribution in [-0.2, 0) is 35.3 Å². The van der Waals surface area contributed by atoms with E-state index < -0.39 is 29.7 Å². The molecule has 0 aliphatic rings. The maximum absolute atomic E-state index is 13.2. The van der Waals surface area contributed by atoms with Crippen molar-refractivity contribution in [3.8, 4) is 11.5 Å². The van der Waals surface area contributed by atoms with Crippen LogP contribution in [0.1, 0.15) is 32.6 Å². The summed E-state index contributed by atoms with van der Waals surface area (Å²) in [5.41, 5.74) is 1.30. The van der Waals surface area contributed by atoms with E-state index >= 15 is 0 Å². The van der Waals surface area contributed by atoms with Crippen molar-refractivity contribution < 1.29 is 37.0 Å². The lowest BCUT2D eigenvalue weighted by molar-refractivity contribution is -0.143. The predicted octanol–water partition coefficient (Wildman–Crippen LogP) is 6.38. The van der Waals surface area contributed by atoms with E-state index in [0.29, 0.717) is 12.4 Å². The smallest absolute Gasteiger partial charge is 0.416 e. The Kier molecular flexibility index (Phi) is 9.63. The number of alkyl halides is 3. The first-order chi connectivity index (χ1) is 19.7. The molecule has 0 radical (unpaired) electrons. The number of carbonyl (C=O) groups is 2. The van der Waals surface area contributed by atoms with Gasteiger partial charge in [-0.2, -0.15) is 13.2 Å². The van der Waals surface area contributed by atoms with Crippen LogP contribution in [0, 0.1) is 0 Å². The third-order valence-corrected chi connectivity index (χ3v) is 6.24. The molecule has 0 saturated carbocycles. The quantitative estimate of drug-likeness (QED) is 0.215. The molecule has 0 heterocycles. The van der Waals surface area contributed by atoms with Gasteiger partial charge in [-0.15, -0.1) is 0 Å². The number of methoxy groups -OCH3 is 1. The van der Waals surface area contributed by atoms with Crippen LogP contribution >= 0.6 is 0 Å². The highest BCUT2D eigenvalue weighted by atomic mass is 19.4. The second-order valence-electron chi connectivity index (χ2n) is 9.14. The number of nitrogens with one attached hydrogen (secondary N) is 1. The zero-order chi connectivity index (χ0) is 29.2. The molecule has 6 nitrogen and oxygen atoms in total. The standard InChI is InChI=1S/C32H28F3NO5/c1-39-31(38)29(19-22-11-15-26(16-12-22)40-20-23-7-3-2-4-8-23)36-30(37)24-13-17-27(18-14-24)41-21-25-9-5-6-10-28(25)32(33,34)35/h2-18,29H,19-21H2,1H3,(H,36,37)/t29-/m0/s1. The third kappa shape index (κ3) is 8.35. The zero-order valence-corrected chi connectivity index (χ0v) is 22.2. The Balaban J connectivity index is 1.34. The Morgan fingerprint density at radius 3 is 1.95 bits per heavy atom. The maximum Gasteiger partial charge on any atom is 0.416 e. The minimum absolute atomic E-state index is 0.00136. The van der Waals surface area contributed by atoms with Gasteiger partial charge < -0.3 is 19.5 Å². The average molecular weight is 564 g/mol. The van der Waals surface area contributed by atoms with Gasteiger partial charge in [0.05, 0.1) is 12.7 Å². The molecular formula is C32H28F3NO5. The number of halogens is 3. The molecule has 41 heavy (non-hydrogen) atoms. The van der Waals surface area contributed by atoms with Gasteiger partial charge >= 0.3 is 12.1 Å². The van der Waals surface area contributed by atoms with Gasteiger partial charge in [-0.1, -0.05) is 60.7 Å². The number of rotatable bonds is 11. The SMILES string of the molecule is COC(=O)[C@H](Cc1ccc(OCc2ccccc2)cc1)NC(=O)c1ccc(OCc2ccccc2C(F)(F)F)cc1. The van der Waals surface area contributed by atoms with Crippen LogP contribution in [0.15, 0.2) is 103 Å². The van der Waals surface area contributed by atoms with Crippen molar-refractivity contribution in [1.29, 1.82) is 0 Å². The first-order valence-corrected chi connectivity index (χ1v) is 12.8. The first kappa shape index (κ1) is 29.2. The van der Waals surface area contributed by atoms with Gasteiger partial charge in [-0.25, -0.2) is 4.79 Å². The van der Waals surface area contributed by atoms with Gasteiger partial charge in [0.2, 0.25) is 0 Å². The summed E-state index contributed by atoms with van der Waals surface area (Å²) in [4.78, 5) is 25.3. The second kappa shape index (κ2) is 13.5. The van der Waals surface area contributed by atoms with E-state index in [1.54, 1.807) is 12.1 Å². The Morgan fingerprint density at radius 1 is 0.732 bits per heavy atom. The van der Waals surface area contributed by atoms with Gasteiger partial charge in [0.15, 0.2) is 0 Å². The lowest BCUT2D eigenvalue weighted by Gasteiger charge is -2.17. The molecule has 4 aromatic carbocycles. The van der Waals surface area contributed by atoms with Gasteiger partial charge in [-0.3, -0.25) is 4.79 Å². The molecule has 212 valence electrons. The number of benzene rings is 4. The van der Waals surface area contributed by atoms with E-state index in [1.165, 1.54) is 49.6 Å².